The molecule has 1 fully saturated rings. The zero-order valence-corrected chi connectivity index (χ0v) is 16.9. The number of aliphatic hydroxyl groups excluding tert-OH is 1. The summed E-state index contributed by atoms with van der Waals surface area (Å²) in [7, 11) is 0. The van der Waals surface area contributed by atoms with Crippen molar-refractivity contribution in [1.29, 1.82) is 0 Å². The molecule has 2 rings (SSSR count). The summed E-state index contributed by atoms with van der Waals surface area (Å²) in [6.07, 6.45) is 2.43. The SMILES string of the molecule is CC(=NC1CC(O)C1)C(=C(N)OCC[C@@H](C)Nc1nc(Cl)ncc1Cl)[N+](=O)[O-]. The molecule has 0 radical (unpaired) electrons. The first-order valence-electron chi connectivity index (χ1n) is 8.61. The van der Waals surface area contributed by atoms with Gasteiger partial charge in [-0.1, -0.05) is 11.6 Å². The van der Waals surface area contributed by atoms with Crippen LogP contribution in [-0.4, -0.2) is 50.5 Å². The van der Waals surface area contributed by atoms with Crippen LogP contribution in [0.1, 0.15) is 33.1 Å². The van der Waals surface area contributed by atoms with E-state index in [-0.39, 0.29) is 41.3 Å². The Balaban J connectivity index is 1.93. The van der Waals surface area contributed by atoms with Gasteiger partial charge in [0.2, 0.25) is 5.28 Å². The molecular weight excluding hydrogens is 411 g/mol. The molecule has 1 heterocycles. The Hall–Kier alpha value is -2.17. The molecule has 0 amide bonds. The fourth-order valence-electron chi connectivity index (χ4n) is 2.57. The van der Waals surface area contributed by atoms with E-state index in [4.69, 9.17) is 33.7 Å². The number of hydrogen-bond donors (Lipinski definition) is 3. The van der Waals surface area contributed by atoms with Gasteiger partial charge in [0.25, 0.3) is 5.88 Å². The monoisotopic (exact) mass is 432 g/mol. The molecule has 10 nitrogen and oxygen atoms in total. The third-order valence-electron chi connectivity index (χ3n) is 4.13. The van der Waals surface area contributed by atoms with Crippen molar-refractivity contribution >= 4 is 34.7 Å². The Morgan fingerprint density at radius 1 is 1.57 bits per heavy atom. The summed E-state index contributed by atoms with van der Waals surface area (Å²) in [6.45, 7) is 3.49. The maximum Gasteiger partial charge on any atom is 0.348 e. The van der Waals surface area contributed by atoms with E-state index >= 15 is 0 Å². The van der Waals surface area contributed by atoms with Gasteiger partial charge in [0.15, 0.2) is 0 Å². The van der Waals surface area contributed by atoms with Crippen LogP contribution in [0.5, 0.6) is 0 Å². The predicted molar refractivity (Wildman–Crippen MR) is 106 cm³/mol. The Kier molecular flexibility index (Phi) is 7.78. The molecule has 154 valence electrons. The molecule has 1 atom stereocenters. The average molecular weight is 433 g/mol. The molecule has 0 unspecified atom stereocenters. The van der Waals surface area contributed by atoms with E-state index in [2.05, 4.69) is 20.3 Å². The number of halogens is 2. The van der Waals surface area contributed by atoms with Crippen molar-refractivity contribution in [2.75, 3.05) is 11.9 Å². The van der Waals surface area contributed by atoms with E-state index in [9.17, 15) is 15.2 Å². The molecule has 1 aromatic heterocycles. The number of nitrogens with zero attached hydrogens (tertiary/aromatic N) is 4. The van der Waals surface area contributed by atoms with E-state index < -0.39 is 11.0 Å². The van der Waals surface area contributed by atoms with Gasteiger partial charge in [0.05, 0.1) is 29.9 Å². The molecule has 1 saturated carbocycles. The van der Waals surface area contributed by atoms with Crippen LogP contribution in [0.2, 0.25) is 10.3 Å². The highest BCUT2D eigenvalue weighted by Gasteiger charge is 2.29. The first kappa shape index (κ1) is 22.1. The molecule has 0 spiro atoms. The highest BCUT2D eigenvalue weighted by Crippen LogP contribution is 2.24. The standard InChI is InChI=1S/C16H22Cl2N6O4/c1-8(21-15-12(17)7-20-16(18)23-15)3-4-28-14(19)13(24(26)27)9(2)22-10-5-11(25)6-10/h7-8,10-11,25H,3-6,19H2,1-2H3,(H,20,21,23)/t8-,10?,11?/m1/s1. The van der Waals surface area contributed by atoms with E-state index in [1.165, 1.54) is 13.1 Å². The molecule has 1 aromatic rings. The van der Waals surface area contributed by atoms with Gasteiger partial charge in [0, 0.05) is 12.5 Å². The second-order valence-electron chi connectivity index (χ2n) is 6.48. The van der Waals surface area contributed by atoms with Gasteiger partial charge >= 0.3 is 5.70 Å². The maximum absolute atomic E-state index is 11.3. The molecule has 0 aromatic carbocycles. The number of aliphatic hydroxyl groups is 1. The van der Waals surface area contributed by atoms with Crippen molar-refractivity contribution in [3.63, 3.8) is 0 Å². The molecule has 1 aliphatic rings. The topological polar surface area (TPSA) is 149 Å². The summed E-state index contributed by atoms with van der Waals surface area (Å²) >= 11 is 11.7. The van der Waals surface area contributed by atoms with Crippen LogP contribution in [0.4, 0.5) is 5.82 Å². The summed E-state index contributed by atoms with van der Waals surface area (Å²) in [6, 6.07) is -0.257. The van der Waals surface area contributed by atoms with Crippen molar-refractivity contribution in [2.24, 2.45) is 10.7 Å². The molecule has 12 heteroatoms. The molecule has 0 aliphatic heterocycles. The van der Waals surface area contributed by atoms with Crippen LogP contribution < -0.4 is 11.1 Å². The van der Waals surface area contributed by atoms with Crippen LogP contribution in [-0.2, 0) is 4.74 Å². The summed E-state index contributed by atoms with van der Waals surface area (Å²) in [5.41, 5.74) is 5.58. The number of aliphatic imine (C=N–C) groups is 1. The van der Waals surface area contributed by atoms with Gasteiger partial charge in [-0.3, -0.25) is 15.1 Å². The first-order chi connectivity index (χ1) is 13.2. The number of aromatic nitrogens is 2. The van der Waals surface area contributed by atoms with Gasteiger partial charge in [-0.15, -0.1) is 0 Å². The minimum Gasteiger partial charge on any atom is -0.474 e. The lowest BCUT2D eigenvalue weighted by molar-refractivity contribution is -0.418. The number of rotatable bonds is 9. The van der Waals surface area contributed by atoms with E-state index in [0.717, 1.165) is 0 Å². The highest BCUT2D eigenvalue weighted by atomic mass is 35.5. The Morgan fingerprint density at radius 3 is 2.86 bits per heavy atom. The zero-order chi connectivity index (χ0) is 20.8. The van der Waals surface area contributed by atoms with Gasteiger partial charge in [-0.05, 0) is 38.3 Å². The van der Waals surface area contributed by atoms with Gasteiger partial charge in [0.1, 0.15) is 16.6 Å². The number of nitrogens with two attached hydrogens (primary N) is 1. The number of nitro groups is 1. The van der Waals surface area contributed by atoms with Crippen molar-refractivity contribution < 1.29 is 14.8 Å². The first-order valence-corrected chi connectivity index (χ1v) is 9.37. The third kappa shape index (κ3) is 6.18. The largest absolute Gasteiger partial charge is 0.474 e. The fraction of sp³-hybridized carbons (Fsp3) is 0.562. The molecule has 0 saturated heterocycles. The van der Waals surface area contributed by atoms with Crippen molar-refractivity contribution in [3.8, 4) is 0 Å². The number of nitrogens with one attached hydrogen (secondary N) is 1. The second-order valence-corrected chi connectivity index (χ2v) is 7.23. The van der Waals surface area contributed by atoms with E-state index in [1.54, 1.807) is 0 Å². The highest BCUT2D eigenvalue weighted by molar-refractivity contribution is 6.33. The molecular formula is C16H22Cl2N6O4. The fourth-order valence-corrected chi connectivity index (χ4v) is 2.85. The zero-order valence-electron chi connectivity index (χ0n) is 15.4. The van der Waals surface area contributed by atoms with Gasteiger partial charge in [-0.25, -0.2) is 4.98 Å². The predicted octanol–water partition coefficient (Wildman–Crippen LogP) is 2.38. The quantitative estimate of drug-likeness (QED) is 0.177. The Bertz CT molecular complexity index is 782. The summed E-state index contributed by atoms with van der Waals surface area (Å²) in [4.78, 5) is 22.7. The number of anilines is 1. The van der Waals surface area contributed by atoms with Gasteiger partial charge < -0.3 is 20.9 Å². The van der Waals surface area contributed by atoms with Crippen molar-refractivity contribution in [3.05, 3.63) is 38.2 Å². The summed E-state index contributed by atoms with van der Waals surface area (Å²) < 4.78 is 5.36. The lowest BCUT2D eigenvalue weighted by Crippen LogP contribution is -2.33. The number of hydrogen-bond acceptors (Lipinski definition) is 9. The molecule has 1 aliphatic carbocycles. The number of allylic oxidation sites excluding steroid dienone is 1. The van der Waals surface area contributed by atoms with Gasteiger partial charge in [-0.2, -0.15) is 4.98 Å². The summed E-state index contributed by atoms with van der Waals surface area (Å²) in [5.74, 6) is 0.0794. The Morgan fingerprint density at radius 2 is 2.25 bits per heavy atom. The normalized spacial score (nSPS) is 21.4. The minimum atomic E-state index is -0.617. The third-order valence-corrected chi connectivity index (χ3v) is 4.59. The van der Waals surface area contributed by atoms with Crippen LogP contribution in [0.3, 0.4) is 0 Å². The van der Waals surface area contributed by atoms with Crippen molar-refractivity contribution in [1.82, 2.24) is 9.97 Å². The van der Waals surface area contributed by atoms with Crippen LogP contribution >= 0.6 is 23.2 Å². The molecule has 0 bridgehead atoms. The minimum absolute atomic E-state index is 0.0619. The van der Waals surface area contributed by atoms with Crippen LogP contribution in [0, 0.1) is 10.1 Å². The van der Waals surface area contributed by atoms with Crippen LogP contribution in [0.15, 0.2) is 22.8 Å². The van der Waals surface area contributed by atoms with Crippen LogP contribution in [0.25, 0.3) is 0 Å². The number of ether oxygens (including phenoxy) is 1. The average Bonchev–Trinajstić information content (AvgIpc) is 2.56. The lowest BCUT2D eigenvalue weighted by atomic mass is 9.90. The Labute approximate surface area is 172 Å². The maximum atomic E-state index is 11.3. The molecule has 4 N–H and O–H groups in total. The van der Waals surface area contributed by atoms with E-state index in [1.807, 2.05) is 6.92 Å². The van der Waals surface area contributed by atoms with Crippen molar-refractivity contribution in [2.45, 2.75) is 51.3 Å². The summed E-state index contributed by atoms with van der Waals surface area (Å²) in [5, 5.41) is 24.1. The van der Waals surface area contributed by atoms with E-state index in [0.29, 0.717) is 30.1 Å². The smallest absolute Gasteiger partial charge is 0.348 e. The molecule has 28 heavy (non-hydrogen) atoms. The lowest BCUT2D eigenvalue weighted by Gasteiger charge is -2.28. The second kappa shape index (κ2) is 9.85.